The maximum Gasteiger partial charge on any atom is 0.146 e. The molecule has 1 aromatic carbocycles. The molecule has 80 valence electrons. The highest BCUT2D eigenvalue weighted by Crippen LogP contribution is 2.18. The van der Waals surface area contributed by atoms with E-state index >= 15 is 0 Å². The van der Waals surface area contributed by atoms with Gasteiger partial charge in [-0.1, -0.05) is 13.8 Å². The first-order chi connectivity index (χ1) is 7.02. The van der Waals surface area contributed by atoms with Gasteiger partial charge in [-0.15, -0.1) is 0 Å². The SMILES string of the molecule is CC(C)/C(C=O)=C/c1cc(O)cc(F)c1. The molecule has 0 aliphatic carbocycles. The van der Waals surface area contributed by atoms with Crippen LogP contribution in [0, 0.1) is 11.7 Å². The van der Waals surface area contributed by atoms with E-state index in [1.165, 1.54) is 12.1 Å². The van der Waals surface area contributed by atoms with Gasteiger partial charge >= 0.3 is 0 Å². The molecule has 0 aliphatic rings. The molecule has 0 aliphatic heterocycles. The number of benzene rings is 1. The number of hydrogen-bond acceptors (Lipinski definition) is 2. The molecule has 0 aromatic heterocycles. The molecule has 15 heavy (non-hydrogen) atoms. The predicted octanol–water partition coefficient (Wildman–Crippen LogP) is 2.77. The maximum absolute atomic E-state index is 12.9. The van der Waals surface area contributed by atoms with E-state index in [0.717, 1.165) is 12.4 Å². The van der Waals surface area contributed by atoms with Crippen molar-refractivity contribution in [1.29, 1.82) is 0 Å². The number of halogens is 1. The molecule has 0 radical (unpaired) electrons. The molecule has 3 heteroatoms. The van der Waals surface area contributed by atoms with Gasteiger partial charge in [-0.3, -0.25) is 4.79 Å². The van der Waals surface area contributed by atoms with Crippen molar-refractivity contribution < 1.29 is 14.3 Å². The van der Waals surface area contributed by atoms with Crippen LogP contribution in [0.4, 0.5) is 4.39 Å². The number of allylic oxidation sites excluding steroid dienone is 1. The summed E-state index contributed by atoms with van der Waals surface area (Å²) in [6, 6.07) is 3.70. The standard InChI is InChI=1S/C12H13FO2/c1-8(2)10(7-14)3-9-4-11(13)6-12(15)5-9/h3-8,15H,1-2H3/b10-3+. The summed E-state index contributed by atoms with van der Waals surface area (Å²) in [4.78, 5) is 10.7. The second kappa shape index (κ2) is 4.73. The summed E-state index contributed by atoms with van der Waals surface area (Å²) in [5, 5.41) is 9.16. The van der Waals surface area contributed by atoms with E-state index in [9.17, 15) is 9.18 Å². The van der Waals surface area contributed by atoms with Gasteiger partial charge in [0.1, 0.15) is 17.9 Å². The predicted molar refractivity (Wildman–Crippen MR) is 56.9 cm³/mol. The molecule has 1 aromatic rings. The number of carbonyl (C=O) groups is 1. The van der Waals surface area contributed by atoms with Crippen molar-refractivity contribution in [2.75, 3.05) is 0 Å². The Labute approximate surface area is 88.1 Å². The third-order valence-electron chi connectivity index (χ3n) is 2.04. The Kier molecular flexibility index (Phi) is 3.61. The lowest BCUT2D eigenvalue weighted by Gasteiger charge is -2.04. The smallest absolute Gasteiger partial charge is 0.146 e. The van der Waals surface area contributed by atoms with E-state index in [2.05, 4.69) is 0 Å². The lowest BCUT2D eigenvalue weighted by atomic mass is 10.0. The second-order valence-corrected chi connectivity index (χ2v) is 3.66. The number of phenols is 1. The molecule has 0 unspecified atom stereocenters. The molecule has 0 atom stereocenters. The molecule has 0 heterocycles. The summed E-state index contributed by atoms with van der Waals surface area (Å²) in [5.74, 6) is -0.585. The van der Waals surface area contributed by atoms with Crippen LogP contribution in [0.1, 0.15) is 19.4 Å². The van der Waals surface area contributed by atoms with E-state index in [0.29, 0.717) is 11.1 Å². The minimum atomic E-state index is -0.518. The van der Waals surface area contributed by atoms with Crippen LogP contribution in [-0.4, -0.2) is 11.4 Å². The van der Waals surface area contributed by atoms with Crippen LogP contribution in [0.25, 0.3) is 6.08 Å². The molecule has 0 amide bonds. The van der Waals surface area contributed by atoms with Gasteiger partial charge in [-0.05, 0) is 35.3 Å². The zero-order valence-corrected chi connectivity index (χ0v) is 8.70. The molecular formula is C12H13FO2. The largest absolute Gasteiger partial charge is 0.508 e. The highest BCUT2D eigenvalue weighted by atomic mass is 19.1. The van der Waals surface area contributed by atoms with Crippen molar-refractivity contribution in [3.63, 3.8) is 0 Å². The first kappa shape index (κ1) is 11.4. The molecular weight excluding hydrogens is 195 g/mol. The Bertz CT molecular complexity index is 374. The van der Waals surface area contributed by atoms with Crippen LogP contribution in [-0.2, 0) is 4.79 Å². The Hall–Kier alpha value is -1.64. The van der Waals surface area contributed by atoms with Gasteiger partial charge in [-0.2, -0.15) is 0 Å². The molecule has 0 bridgehead atoms. The number of phenolic OH excluding ortho intramolecular Hbond substituents is 1. The Morgan fingerprint density at radius 2 is 2.07 bits per heavy atom. The first-order valence-corrected chi connectivity index (χ1v) is 4.69. The van der Waals surface area contributed by atoms with Crippen LogP contribution >= 0.6 is 0 Å². The normalized spacial score (nSPS) is 11.9. The van der Waals surface area contributed by atoms with Crippen molar-refractivity contribution in [3.8, 4) is 5.75 Å². The topological polar surface area (TPSA) is 37.3 Å². The van der Waals surface area contributed by atoms with Crippen LogP contribution < -0.4 is 0 Å². The number of aromatic hydroxyl groups is 1. The number of rotatable bonds is 3. The van der Waals surface area contributed by atoms with Crippen molar-refractivity contribution in [2.24, 2.45) is 5.92 Å². The molecule has 0 fully saturated rings. The monoisotopic (exact) mass is 208 g/mol. The van der Waals surface area contributed by atoms with Crippen molar-refractivity contribution >= 4 is 12.4 Å². The van der Waals surface area contributed by atoms with Gasteiger partial charge in [0.15, 0.2) is 0 Å². The van der Waals surface area contributed by atoms with Gasteiger partial charge in [0.2, 0.25) is 0 Å². The lowest BCUT2D eigenvalue weighted by Crippen LogP contribution is -1.94. The van der Waals surface area contributed by atoms with Gasteiger partial charge in [-0.25, -0.2) is 4.39 Å². The Morgan fingerprint density at radius 3 is 2.53 bits per heavy atom. The van der Waals surface area contributed by atoms with Gasteiger partial charge in [0, 0.05) is 6.07 Å². The van der Waals surface area contributed by atoms with Gasteiger partial charge in [0.25, 0.3) is 0 Å². The van der Waals surface area contributed by atoms with Gasteiger partial charge in [0.05, 0.1) is 0 Å². The minimum absolute atomic E-state index is 0.0768. The van der Waals surface area contributed by atoms with Crippen molar-refractivity contribution in [1.82, 2.24) is 0 Å². The molecule has 0 saturated carbocycles. The highest BCUT2D eigenvalue weighted by molar-refractivity contribution is 5.82. The lowest BCUT2D eigenvalue weighted by molar-refractivity contribution is -0.105. The summed E-state index contributed by atoms with van der Waals surface area (Å²) in [6.45, 7) is 3.75. The van der Waals surface area contributed by atoms with E-state index < -0.39 is 5.82 Å². The zero-order valence-electron chi connectivity index (χ0n) is 8.70. The molecule has 1 N–H and O–H groups in total. The van der Waals surface area contributed by atoms with Crippen molar-refractivity contribution in [2.45, 2.75) is 13.8 Å². The molecule has 0 saturated heterocycles. The number of carbonyl (C=O) groups excluding carboxylic acids is 1. The summed E-state index contributed by atoms with van der Waals surface area (Å²) in [7, 11) is 0. The fourth-order valence-electron chi connectivity index (χ4n) is 1.21. The highest BCUT2D eigenvalue weighted by Gasteiger charge is 2.03. The Morgan fingerprint density at radius 1 is 1.40 bits per heavy atom. The van der Waals surface area contributed by atoms with E-state index in [-0.39, 0.29) is 11.7 Å². The minimum Gasteiger partial charge on any atom is -0.508 e. The van der Waals surface area contributed by atoms with Crippen LogP contribution in [0.2, 0.25) is 0 Å². The average molecular weight is 208 g/mol. The molecule has 1 rings (SSSR count). The summed E-state index contributed by atoms with van der Waals surface area (Å²) >= 11 is 0. The third kappa shape index (κ3) is 3.20. The zero-order chi connectivity index (χ0) is 11.4. The Balaban J connectivity index is 3.11. The van der Waals surface area contributed by atoms with E-state index in [1.807, 2.05) is 13.8 Å². The molecule has 0 spiro atoms. The third-order valence-corrected chi connectivity index (χ3v) is 2.04. The van der Waals surface area contributed by atoms with Gasteiger partial charge < -0.3 is 5.11 Å². The first-order valence-electron chi connectivity index (χ1n) is 4.69. The van der Waals surface area contributed by atoms with Crippen LogP contribution in [0.3, 0.4) is 0 Å². The van der Waals surface area contributed by atoms with Crippen LogP contribution in [0.15, 0.2) is 23.8 Å². The van der Waals surface area contributed by atoms with Crippen LogP contribution in [0.5, 0.6) is 5.75 Å². The molecule has 2 nitrogen and oxygen atoms in total. The second-order valence-electron chi connectivity index (χ2n) is 3.66. The number of aldehydes is 1. The summed E-state index contributed by atoms with van der Waals surface area (Å²) < 4.78 is 12.9. The fourth-order valence-corrected chi connectivity index (χ4v) is 1.21. The maximum atomic E-state index is 12.9. The van der Waals surface area contributed by atoms with E-state index in [1.54, 1.807) is 6.08 Å². The summed E-state index contributed by atoms with van der Waals surface area (Å²) in [6.07, 6.45) is 2.31. The van der Waals surface area contributed by atoms with Crippen molar-refractivity contribution in [3.05, 3.63) is 35.2 Å². The average Bonchev–Trinajstić information content (AvgIpc) is 2.12. The van der Waals surface area contributed by atoms with E-state index in [4.69, 9.17) is 5.11 Å². The fraction of sp³-hybridized carbons (Fsp3) is 0.250. The quantitative estimate of drug-likeness (QED) is 0.612. The number of hydrogen-bond donors (Lipinski definition) is 1. The summed E-state index contributed by atoms with van der Waals surface area (Å²) in [5.41, 5.74) is 1.06.